The Bertz CT molecular complexity index is 1120. The highest BCUT2D eigenvalue weighted by atomic mass is 35.5. The lowest BCUT2D eigenvalue weighted by Crippen LogP contribution is -2.19. The molecule has 0 spiro atoms. The van der Waals surface area contributed by atoms with E-state index < -0.39 is 11.9 Å². The number of carbonyl (C=O) groups is 2. The molecule has 1 heterocycles. The van der Waals surface area contributed by atoms with E-state index in [-0.39, 0.29) is 22.0 Å². The molecule has 1 aromatic heterocycles. The number of halogens is 2. The average molecular weight is 459 g/mol. The molecule has 0 atom stereocenters. The van der Waals surface area contributed by atoms with Gasteiger partial charge in [-0.25, -0.2) is 15.2 Å². The molecule has 8 nitrogen and oxygen atoms in total. The Balaban J connectivity index is 1.73. The van der Waals surface area contributed by atoms with Gasteiger partial charge in [-0.3, -0.25) is 9.78 Å². The van der Waals surface area contributed by atoms with E-state index in [0.29, 0.717) is 22.9 Å². The molecule has 1 amide bonds. The van der Waals surface area contributed by atoms with Gasteiger partial charge in [0.25, 0.3) is 5.91 Å². The van der Waals surface area contributed by atoms with Gasteiger partial charge in [-0.05, 0) is 48.9 Å². The maximum atomic E-state index is 12.5. The lowest BCUT2D eigenvalue weighted by atomic mass is 10.2. The lowest BCUT2D eigenvalue weighted by molar-refractivity contribution is 0.0728. The number of benzene rings is 2. The van der Waals surface area contributed by atoms with Crippen molar-refractivity contribution in [2.45, 2.75) is 6.92 Å². The number of rotatable bonds is 7. The molecule has 0 aliphatic carbocycles. The Morgan fingerprint density at radius 1 is 1.13 bits per heavy atom. The molecule has 3 aromatic rings. The van der Waals surface area contributed by atoms with Crippen LogP contribution < -0.4 is 14.9 Å². The van der Waals surface area contributed by atoms with E-state index in [1.165, 1.54) is 36.9 Å². The molecule has 0 fully saturated rings. The standard InChI is InChI=1S/C21H16Cl2N4O4/c1-2-30-19-9-13(11-26-27-20(28)17-12-24-7-8-25-17)3-6-18(19)31-21(29)15-5-4-14(22)10-16(15)23/h3-12H,2H2,1H3,(H,27,28)/b26-11-. The molecular formula is C21H16Cl2N4O4. The number of ether oxygens (including phenoxy) is 2. The van der Waals surface area contributed by atoms with Crippen LogP contribution in [0.5, 0.6) is 11.5 Å². The Labute approximate surface area is 187 Å². The van der Waals surface area contributed by atoms with E-state index >= 15 is 0 Å². The fourth-order valence-corrected chi connectivity index (χ4v) is 2.89. The van der Waals surface area contributed by atoms with Crippen LogP contribution in [0.2, 0.25) is 10.0 Å². The molecule has 0 unspecified atom stereocenters. The smallest absolute Gasteiger partial charge is 0.345 e. The number of nitrogens with one attached hydrogen (secondary N) is 1. The highest BCUT2D eigenvalue weighted by Crippen LogP contribution is 2.30. The highest BCUT2D eigenvalue weighted by molar-refractivity contribution is 6.36. The van der Waals surface area contributed by atoms with E-state index in [1.54, 1.807) is 31.2 Å². The summed E-state index contributed by atoms with van der Waals surface area (Å²) in [6.45, 7) is 2.14. The topological polar surface area (TPSA) is 103 Å². The number of amides is 1. The minimum absolute atomic E-state index is 0.137. The van der Waals surface area contributed by atoms with Crippen LogP contribution in [0.4, 0.5) is 0 Å². The van der Waals surface area contributed by atoms with Gasteiger partial charge in [0.1, 0.15) is 5.69 Å². The Morgan fingerprint density at radius 3 is 2.68 bits per heavy atom. The molecule has 31 heavy (non-hydrogen) atoms. The lowest BCUT2D eigenvalue weighted by Gasteiger charge is -2.12. The number of hydrogen-bond acceptors (Lipinski definition) is 7. The second-order valence-electron chi connectivity index (χ2n) is 5.94. The fraction of sp³-hybridized carbons (Fsp3) is 0.0952. The van der Waals surface area contributed by atoms with Crippen molar-refractivity contribution < 1.29 is 19.1 Å². The monoisotopic (exact) mass is 458 g/mol. The largest absolute Gasteiger partial charge is 0.490 e. The quantitative estimate of drug-likeness (QED) is 0.246. The van der Waals surface area contributed by atoms with Gasteiger partial charge in [0.15, 0.2) is 11.5 Å². The molecule has 0 bridgehead atoms. The van der Waals surface area contributed by atoms with E-state index in [1.807, 2.05) is 0 Å². The molecule has 0 radical (unpaired) electrons. The number of hydrazone groups is 1. The Kier molecular flexibility index (Phi) is 7.53. The van der Waals surface area contributed by atoms with Gasteiger partial charge in [-0.2, -0.15) is 5.10 Å². The van der Waals surface area contributed by atoms with E-state index in [4.69, 9.17) is 32.7 Å². The summed E-state index contributed by atoms with van der Waals surface area (Å²) in [4.78, 5) is 32.1. The van der Waals surface area contributed by atoms with Gasteiger partial charge in [0.2, 0.25) is 0 Å². The van der Waals surface area contributed by atoms with Crippen LogP contribution in [0.15, 0.2) is 60.1 Å². The molecule has 158 valence electrons. The number of nitrogens with zero attached hydrogens (tertiary/aromatic N) is 3. The summed E-state index contributed by atoms with van der Waals surface area (Å²) in [6.07, 6.45) is 5.61. The van der Waals surface area contributed by atoms with Crippen LogP contribution >= 0.6 is 23.2 Å². The first kappa shape index (κ1) is 22.2. The van der Waals surface area contributed by atoms with Crippen LogP contribution in [0.1, 0.15) is 33.3 Å². The summed E-state index contributed by atoms with van der Waals surface area (Å²) in [5.74, 6) is -0.621. The second kappa shape index (κ2) is 10.5. The zero-order chi connectivity index (χ0) is 22.2. The highest BCUT2D eigenvalue weighted by Gasteiger charge is 2.16. The van der Waals surface area contributed by atoms with Gasteiger partial charge in [-0.15, -0.1) is 0 Å². The molecule has 0 aliphatic rings. The number of hydrogen-bond donors (Lipinski definition) is 1. The number of esters is 1. The average Bonchev–Trinajstić information content (AvgIpc) is 2.76. The summed E-state index contributed by atoms with van der Waals surface area (Å²) in [7, 11) is 0. The zero-order valence-corrected chi connectivity index (χ0v) is 17.7. The summed E-state index contributed by atoms with van der Waals surface area (Å²) in [5, 5.41) is 4.48. The molecule has 10 heteroatoms. The molecule has 0 aliphatic heterocycles. The van der Waals surface area contributed by atoms with Crippen LogP contribution in [-0.2, 0) is 0 Å². The maximum absolute atomic E-state index is 12.5. The van der Waals surface area contributed by atoms with Crippen LogP contribution in [0.3, 0.4) is 0 Å². The van der Waals surface area contributed by atoms with Crippen LogP contribution in [0, 0.1) is 0 Å². The summed E-state index contributed by atoms with van der Waals surface area (Å²) >= 11 is 11.9. The second-order valence-corrected chi connectivity index (χ2v) is 6.79. The van der Waals surface area contributed by atoms with Crippen molar-refractivity contribution in [2.75, 3.05) is 6.61 Å². The first-order valence-electron chi connectivity index (χ1n) is 9.01. The maximum Gasteiger partial charge on any atom is 0.345 e. The van der Waals surface area contributed by atoms with Gasteiger partial charge in [0.05, 0.1) is 29.6 Å². The third-order valence-electron chi connectivity index (χ3n) is 3.80. The van der Waals surface area contributed by atoms with Crippen LogP contribution in [0.25, 0.3) is 0 Å². The van der Waals surface area contributed by atoms with Crippen molar-refractivity contribution in [3.8, 4) is 11.5 Å². The SMILES string of the molecule is CCOc1cc(/C=N\NC(=O)c2cnccn2)ccc1OC(=O)c1ccc(Cl)cc1Cl. The minimum Gasteiger partial charge on any atom is -0.490 e. The first-order valence-corrected chi connectivity index (χ1v) is 9.77. The molecule has 0 saturated carbocycles. The Morgan fingerprint density at radius 2 is 1.97 bits per heavy atom. The van der Waals surface area contributed by atoms with Gasteiger partial charge in [0, 0.05) is 17.4 Å². The van der Waals surface area contributed by atoms with Crippen molar-refractivity contribution in [3.05, 3.63) is 81.9 Å². The summed E-state index contributed by atoms with van der Waals surface area (Å²) < 4.78 is 11.0. The number of aromatic nitrogens is 2. The van der Waals surface area contributed by atoms with Gasteiger partial charge >= 0.3 is 5.97 Å². The van der Waals surface area contributed by atoms with Gasteiger partial charge < -0.3 is 9.47 Å². The number of carbonyl (C=O) groups excluding carboxylic acids is 2. The van der Waals surface area contributed by atoms with Crippen molar-refractivity contribution in [3.63, 3.8) is 0 Å². The third kappa shape index (κ3) is 6.00. The summed E-state index contributed by atoms with van der Waals surface area (Å²) in [6, 6.07) is 9.30. The van der Waals surface area contributed by atoms with Crippen molar-refractivity contribution in [2.24, 2.45) is 5.10 Å². The first-order chi connectivity index (χ1) is 15.0. The normalized spacial score (nSPS) is 10.7. The molecular weight excluding hydrogens is 443 g/mol. The molecule has 1 N–H and O–H groups in total. The minimum atomic E-state index is -0.653. The van der Waals surface area contributed by atoms with Crippen molar-refractivity contribution >= 4 is 41.3 Å². The molecule has 0 saturated heterocycles. The van der Waals surface area contributed by atoms with E-state index in [2.05, 4.69) is 20.5 Å². The molecule has 3 rings (SSSR count). The van der Waals surface area contributed by atoms with Crippen molar-refractivity contribution in [1.29, 1.82) is 0 Å². The van der Waals surface area contributed by atoms with E-state index in [0.717, 1.165) is 0 Å². The van der Waals surface area contributed by atoms with Crippen LogP contribution in [-0.4, -0.2) is 34.7 Å². The van der Waals surface area contributed by atoms with Gasteiger partial charge in [-0.1, -0.05) is 23.2 Å². The predicted octanol–water partition coefficient (Wildman–Crippen LogP) is 4.17. The zero-order valence-electron chi connectivity index (χ0n) is 16.2. The third-order valence-corrected chi connectivity index (χ3v) is 4.34. The fourth-order valence-electron chi connectivity index (χ4n) is 2.41. The molecule has 2 aromatic carbocycles. The van der Waals surface area contributed by atoms with Crippen molar-refractivity contribution in [1.82, 2.24) is 15.4 Å². The summed E-state index contributed by atoms with van der Waals surface area (Å²) in [5.41, 5.74) is 3.27. The Hall–Kier alpha value is -3.49. The van der Waals surface area contributed by atoms with E-state index in [9.17, 15) is 9.59 Å². The predicted molar refractivity (Wildman–Crippen MR) is 116 cm³/mol.